The van der Waals surface area contributed by atoms with Crippen LogP contribution >= 0.6 is 0 Å². The number of unbranched alkanes of at least 4 members (excludes halogenated alkanes) is 2. The van der Waals surface area contributed by atoms with E-state index >= 15 is 0 Å². The predicted octanol–water partition coefficient (Wildman–Crippen LogP) is 5.74. The van der Waals surface area contributed by atoms with Gasteiger partial charge in [-0.25, -0.2) is 0 Å². The van der Waals surface area contributed by atoms with Crippen LogP contribution in [0.15, 0.2) is 0 Å². The lowest BCUT2D eigenvalue weighted by Crippen LogP contribution is -2.29. The zero-order valence-electron chi connectivity index (χ0n) is 14.9. The highest BCUT2D eigenvalue weighted by Gasteiger charge is 2.30. The smallest absolute Gasteiger partial charge is 0.000356 e. The summed E-state index contributed by atoms with van der Waals surface area (Å²) in [5.74, 6) is 4.24. The first-order valence-electron chi connectivity index (χ1n) is 9.83. The van der Waals surface area contributed by atoms with E-state index in [1.807, 2.05) is 0 Å². The van der Waals surface area contributed by atoms with Gasteiger partial charge in [-0.05, 0) is 76.3 Å². The molecule has 0 aliphatic heterocycles. The largest absolute Gasteiger partial charge is 0.309 e. The van der Waals surface area contributed by atoms with E-state index in [2.05, 4.69) is 25.9 Å². The molecular formula is C20H39N. The normalized spacial score (nSPS) is 34.3. The molecule has 0 heterocycles. The maximum atomic E-state index is 2.38. The van der Waals surface area contributed by atoms with Gasteiger partial charge in [0.1, 0.15) is 0 Å². The summed E-state index contributed by atoms with van der Waals surface area (Å²) >= 11 is 0. The van der Waals surface area contributed by atoms with Gasteiger partial charge in [0.25, 0.3) is 0 Å². The third kappa shape index (κ3) is 5.93. The highest BCUT2D eigenvalue weighted by molar-refractivity contribution is 4.82. The van der Waals surface area contributed by atoms with Crippen LogP contribution in [0.3, 0.4) is 0 Å². The van der Waals surface area contributed by atoms with Gasteiger partial charge in [-0.15, -0.1) is 0 Å². The van der Waals surface area contributed by atoms with Crippen molar-refractivity contribution in [1.29, 1.82) is 0 Å². The molecule has 0 bridgehead atoms. The van der Waals surface area contributed by atoms with Crippen molar-refractivity contribution in [2.45, 2.75) is 84.0 Å². The van der Waals surface area contributed by atoms with Gasteiger partial charge in [0.05, 0.1) is 0 Å². The highest BCUT2D eigenvalue weighted by atomic mass is 15.1. The second-order valence-electron chi connectivity index (χ2n) is 8.32. The van der Waals surface area contributed by atoms with Crippen LogP contribution in [0.4, 0.5) is 0 Å². The molecule has 0 amide bonds. The molecule has 2 aliphatic rings. The van der Waals surface area contributed by atoms with Crippen LogP contribution in [0.25, 0.3) is 0 Å². The molecule has 1 nitrogen and oxygen atoms in total. The molecule has 124 valence electrons. The molecule has 0 aromatic carbocycles. The zero-order valence-corrected chi connectivity index (χ0v) is 14.9. The van der Waals surface area contributed by atoms with Crippen molar-refractivity contribution in [1.82, 2.24) is 4.90 Å². The van der Waals surface area contributed by atoms with E-state index in [1.165, 1.54) is 57.9 Å². The molecular weight excluding hydrogens is 254 g/mol. The number of nitrogens with zero attached hydrogens (tertiary/aromatic N) is 1. The molecule has 2 fully saturated rings. The van der Waals surface area contributed by atoms with Crippen molar-refractivity contribution in [3.8, 4) is 0 Å². The van der Waals surface area contributed by atoms with Gasteiger partial charge in [0.2, 0.25) is 0 Å². The molecule has 0 aromatic rings. The Labute approximate surface area is 133 Å². The van der Waals surface area contributed by atoms with E-state index in [9.17, 15) is 0 Å². The minimum atomic E-state index is 0.988. The monoisotopic (exact) mass is 293 g/mol. The van der Waals surface area contributed by atoms with E-state index in [4.69, 9.17) is 0 Å². The van der Waals surface area contributed by atoms with E-state index in [0.29, 0.717) is 0 Å². The summed E-state index contributed by atoms with van der Waals surface area (Å²) in [6.07, 6.45) is 18.1. The zero-order chi connectivity index (χ0) is 15.1. The fourth-order valence-electron chi connectivity index (χ4n) is 4.99. The van der Waals surface area contributed by atoms with Crippen LogP contribution in [0.5, 0.6) is 0 Å². The van der Waals surface area contributed by atoms with Gasteiger partial charge in [-0.1, -0.05) is 45.4 Å². The Morgan fingerprint density at radius 3 is 1.71 bits per heavy atom. The Hall–Kier alpha value is -0.0400. The summed E-state index contributed by atoms with van der Waals surface area (Å²) < 4.78 is 0. The summed E-state index contributed by atoms with van der Waals surface area (Å²) in [6.45, 7) is 3.64. The fraction of sp³-hybridized carbons (Fsp3) is 1.00. The first kappa shape index (κ1) is 17.3. The van der Waals surface area contributed by atoms with Crippen LogP contribution in [0, 0.1) is 23.7 Å². The summed E-state index contributed by atoms with van der Waals surface area (Å²) in [7, 11) is 4.46. The topological polar surface area (TPSA) is 3.24 Å². The molecule has 0 aromatic heterocycles. The lowest BCUT2D eigenvalue weighted by molar-refractivity contribution is 0.133. The Balaban J connectivity index is 1.62. The summed E-state index contributed by atoms with van der Waals surface area (Å²) in [4.78, 5) is 2.38. The molecule has 0 radical (unpaired) electrons. The van der Waals surface area contributed by atoms with Crippen molar-refractivity contribution in [3.05, 3.63) is 0 Å². The van der Waals surface area contributed by atoms with Crippen molar-refractivity contribution in [2.75, 3.05) is 20.6 Å². The van der Waals surface area contributed by atoms with Gasteiger partial charge < -0.3 is 4.90 Å². The standard InChI is InChI=1S/C20H39N/c1-4-5-6-7-17-8-12-19(13-9-17)20-14-10-18(11-15-20)16-21(2)3/h17-20H,4-16H2,1-3H3. The first-order chi connectivity index (χ1) is 10.2. The Kier molecular flexibility index (Phi) is 7.57. The highest BCUT2D eigenvalue weighted by Crippen LogP contribution is 2.42. The van der Waals surface area contributed by atoms with Gasteiger partial charge in [-0.3, -0.25) is 0 Å². The lowest BCUT2D eigenvalue weighted by atomic mass is 9.68. The number of rotatable bonds is 7. The van der Waals surface area contributed by atoms with Gasteiger partial charge in [0.15, 0.2) is 0 Å². The van der Waals surface area contributed by atoms with E-state index in [1.54, 1.807) is 25.7 Å². The quantitative estimate of drug-likeness (QED) is 0.541. The Morgan fingerprint density at radius 1 is 0.714 bits per heavy atom. The molecule has 2 saturated carbocycles. The van der Waals surface area contributed by atoms with Gasteiger partial charge in [0, 0.05) is 6.54 Å². The Morgan fingerprint density at radius 2 is 1.24 bits per heavy atom. The predicted molar refractivity (Wildman–Crippen MR) is 93.6 cm³/mol. The molecule has 0 N–H and O–H groups in total. The summed E-state index contributed by atoms with van der Waals surface area (Å²) in [6, 6.07) is 0. The molecule has 1 heteroatoms. The third-order valence-electron chi connectivity index (χ3n) is 6.29. The minimum absolute atomic E-state index is 0.988. The van der Waals surface area contributed by atoms with Crippen LogP contribution in [0.1, 0.15) is 84.0 Å². The number of hydrogen-bond donors (Lipinski definition) is 0. The molecule has 21 heavy (non-hydrogen) atoms. The summed E-state index contributed by atoms with van der Waals surface area (Å²) in [5, 5.41) is 0. The molecule has 2 rings (SSSR count). The molecule has 0 atom stereocenters. The first-order valence-corrected chi connectivity index (χ1v) is 9.83. The van der Waals surface area contributed by atoms with Gasteiger partial charge >= 0.3 is 0 Å². The average Bonchev–Trinajstić information content (AvgIpc) is 2.49. The second kappa shape index (κ2) is 9.18. The van der Waals surface area contributed by atoms with Crippen LogP contribution in [-0.4, -0.2) is 25.5 Å². The molecule has 0 unspecified atom stereocenters. The molecule has 0 saturated heterocycles. The van der Waals surface area contributed by atoms with Crippen LogP contribution in [0.2, 0.25) is 0 Å². The maximum Gasteiger partial charge on any atom is 0.000356 e. The van der Waals surface area contributed by atoms with E-state index in [-0.39, 0.29) is 0 Å². The SMILES string of the molecule is CCCCCC1CCC(C2CCC(CN(C)C)CC2)CC1. The average molecular weight is 294 g/mol. The second-order valence-corrected chi connectivity index (χ2v) is 8.32. The van der Waals surface area contributed by atoms with Crippen molar-refractivity contribution in [2.24, 2.45) is 23.7 Å². The molecule has 0 spiro atoms. The summed E-state index contributed by atoms with van der Waals surface area (Å²) in [5.41, 5.74) is 0. The van der Waals surface area contributed by atoms with E-state index in [0.717, 1.165) is 23.7 Å². The van der Waals surface area contributed by atoms with Crippen LogP contribution < -0.4 is 0 Å². The van der Waals surface area contributed by atoms with E-state index < -0.39 is 0 Å². The minimum Gasteiger partial charge on any atom is -0.309 e. The molecule has 2 aliphatic carbocycles. The van der Waals surface area contributed by atoms with Crippen molar-refractivity contribution >= 4 is 0 Å². The van der Waals surface area contributed by atoms with Crippen molar-refractivity contribution < 1.29 is 0 Å². The lowest BCUT2D eigenvalue weighted by Gasteiger charge is -2.38. The van der Waals surface area contributed by atoms with Crippen molar-refractivity contribution in [3.63, 3.8) is 0 Å². The third-order valence-corrected chi connectivity index (χ3v) is 6.29. The maximum absolute atomic E-state index is 2.38. The Bertz CT molecular complexity index is 257. The fourth-order valence-corrected chi connectivity index (χ4v) is 4.99. The van der Waals surface area contributed by atoms with Gasteiger partial charge in [-0.2, -0.15) is 0 Å². The number of hydrogen-bond acceptors (Lipinski definition) is 1. The van der Waals surface area contributed by atoms with Crippen LogP contribution in [-0.2, 0) is 0 Å².